The van der Waals surface area contributed by atoms with E-state index < -0.39 is 0 Å². The third-order valence-electron chi connectivity index (χ3n) is 10.5. The Hall–Kier alpha value is -5.60. The molecule has 0 saturated heterocycles. The minimum Gasteiger partial charge on any atom is -0.228 e. The molecule has 0 N–H and O–H groups in total. The first kappa shape index (κ1) is 28.6. The Balaban J connectivity index is 1.09. The molecule has 0 unspecified atom stereocenters. The van der Waals surface area contributed by atoms with Crippen LogP contribution in [0.2, 0.25) is 0 Å². The maximum Gasteiger partial charge on any atom is 0.160 e. The minimum atomic E-state index is 0.127. The molecule has 9 rings (SSSR count). The molecule has 1 aromatic heterocycles. The molecule has 1 spiro atoms. The lowest BCUT2D eigenvalue weighted by atomic mass is 9.66. The fourth-order valence-electron chi connectivity index (χ4n) is 8.25. The average Bonchev–Trinajstić information content (AvgIpc) is 3.44. The quantitative estimate of drug-likeness (QED) is 0.192. The van der Waals surface area contributed by atoms with Crippen molar-refractivity contribution in [1.82, 2.24) is 9.97 Å². The zero-order valence-electron chi connectivity index (χ0n) is 26.9. The molecule has 230 valence electrons. The minimum absolute atomic E-state index is 0.127. The molecule has 1 saturated carbocycles. The number of fused-ring (bicyclic) bond motifs is 5. The van der Waals surface area contributed by atoms with Crippen LogP contribution in [0.15, 0.2) is 158 Å². The molecule has 0 atom stereocenters. The van der Waals surface area contributed by atoms with E-state index in [0.717, 1.165) is 33.9 Å². The van der Waals surface area contributed by atoms with Crippen LogP contribution in [0.5, 0.6) is 0 Å². The first-order valence-electron chi connectivity index (χ1n) is 17.2. The summed E-state index contributed by atoms with van der Waals surface area (Å²) in [5.41, 5.74) is 16.1. The molecule has 2 aliphatic rings. The van der Waals surface area contributed by atoms with Crippen molar-refractivity contribution in [2.45, 2.75) is 37.5 Å². The van der Waals surface area contributed by atoms with E-state index >= 15 is 0 Å². The van der Waals surface area contributed by atoms with Crippen molar-refractivity contribution < 1.29 is 0 Å². The summed E-state index contributed by atoms with van der Waals surface area (Å²) in [6.07, 6.45) is 6.40. The molecule has 48 heavy (non-hydrogen) atoms. The van der Waals surface area contributed by atoms with Gasteiger partial charge in [-0.3, -0.25) is 0 Å². The average molecular weight is 617 g/mol. The van der Waals surface area contributed by atoms with E-state index in [-0.39, 0.29) is 5.41 Å². The molecule has 0 amide bonds. The summed E-state index contributed by atoms with van der Waals surface area (Å²) in [6, 6.07) is 56.8. The van der Waals surface area contributed by atoms with Crippen LogP contribution in [0.1, 0.15) is 43.2 Å². The number of rotatable bonds is 5. The van der Waals surface area contributed by atoms with E-state index in [1.165, 1.54) is 71.0 Å². The van der Waals surface area contributed by atoms with E-state index in [0.29, 0.717) is 0 Å². The maximum atomic E-state index is 5.07. The Kier molecular flexibility index (Phi) is 7.08. The van der Waals surface area contributed by atoms with Gasteiger partial charge in [0.1, 0.15) is 0 Å². The maximum absolute atomic E-state index is 5.07. The van der Waals surface area contributed by atoms with Gasteiger partial charge in [0.05, 0.1) is 11.4 Å². The smallest absolute Gasteiger partial charge is 0.160 e. The summed E-state index contributed by atoms with van der Waals surface area (Å²) >= 11 is 0. The topological polar surface area (TPSA) is 25.8 Å². The molecular weight excluding hydrogens is 581 g/mol. The Labute approximate surface area is 282 Å². The molecule has 2 nitrogen and oxygen atoms in total. The summed E-state index contributed by atoms with van der Waals surface area (Å²) in [4.78, 5) is 10.0. The Morgan fingerprint density at radius 3 is 1.71 bits per heavy atom. The monoisotopic (exact) mass is 616 g/mol. The largest absolute Gasteiger partial charge is 0.228 e. The first-order chi connectivity index (χ1) is 23.8. The van der Waals surface area contributed by atoms with Crippen LogP contribution in [0, 0.1) is 0 Å². The molecule has 0 bridgehead atoms. The summed E-state index contributed by atoms with van der Waals surface area (Å²) in [5.74, 6) is 0.731. The number of hydrogen-bond acceptors (Lipinski definition) is 2. The molecule has 1 fully saturated rings. The van der Waals surface area contributed by atoms with Gasteiger partial charge in [-0.2, -0.15) is 0 Å². The lowest BCUT2D eigenvalue weighted by molar-refractivity contribution is 0.353. The van der Waals surface area contributed by atoms with Crippen molar-refractivity contribution in [2.24, 2.45) is 0 Å². The fraction of sp³-hybridized carbons (Fsp3) is 0.130. The van der Waals surface area contributed by atoms with Crippen molar-refractivity contribution in [3.63, 3.8) is 0 Å². The van der Waals surface area contributed by atoms with Crippen LogP contribution in [-0.4, -0.2) is 9.97 Å². The van der Waals surface area contributed by atoms with Gasteiger partial charge in [0.2, 0.25) is 0 Å². The highest BCUT2D eigenvalue weighted by Gasteiger charge is 2.45. The van der Waals surface area contributed by atoms with Crippen molar-refractivity contribution in [1.29, 1.82) is 0 Å². The third kappa shape index (κ3) is 4.88. The third-order valence-corrected chi connectivity index (χ3v) is 10.5. The SMILES string of the molecule is c1ccc(-c2cc(-c3cccc(-c4ccc(-c5cccc6c5C5(CCCCC5)c5ccccc5-6)cc4)c3)nc(-c3ccccc3)n2)cc1. The van der Waals surface area contributed by atoms with Gasteiger partial charge in [0.25, 0.3) is 0 Å². The van der Waals surface area contributed by atoms with Crippen molar-refractivity contribution in [2.75, 3.05) is 0 Å². The van der Waals surface area contributed by atoms with Gasteiger partial charge in [-0.05, 0) is 69.5 Å². The summed E-state index contributed by atoms with van der Waals surface area (Å²) in [5, 5.41) is 0. The Morgan fingerprint density at radius 2 is 0.938 bits per heavy atom. The predicted molar refractivity (Wildman–Crippen MR) is 199 cm³/mol. The molecule has 0 aliphatic heterocycles. The van der Waals surface area contributed by atoms with Crippen LogP contribution in [-0.2, 0) is 5.41 Å². The molecule has 1 heterocycles. The number of aromatic nitrogens is 2. The van der Waals surface area contributed by atoms with Crippen LogP contribution in [0.3, 0.4) is 0 Å². The van der Waals surface area contributed by atoms with Gasteiger partial charge >= 0.3 is 0 Å². The highest BCUT2D eigenvalue weighted by Crippen LogP contribution is 2.58. The number of hydrogen-bond donors (Lipinski definition) is 0. The summed E-state index contributed by atoms with van der Waals surface area (Å²) < 4.78 is 0. The summed E-state index contributed by atoms with van der Waals surface area (Å²) in [6.45, 7) is 0. The molecule has 2 heteroatoms. The van der Waals surface area contributed by atoms with Crippen molar-refractivity contribution in [3.8, 4) is 67.3 Å². The standard InChI is InChI=1S/C46H36N2/c1-4-14-34(15-5-1)42-31-43(48-45(47-42)35-16-6-2-7-17-35)37-19-12-18-36(30-37)32-24-26-33(27-25-32)38-21-13-22-40-39-20-8-9-23-41(39)46(44(38)40)28-10-3-11-29-46/h1-2,4-9,12-27,30-31H,3,10-11,28-29H2. The van der Waals surface area contributed by atoms with Crippen LogP contribution < -0.4 is 0 Å². The second kappa shape index (κ2) is 11.9. The van der Waals surface area contributed by atoms with E-state index in [9.17, 15) is 0 Å². The van der Waals surface area contributed by atoms with Crippen LogP contribution >= 0.6 is 0 Å². The van der Waals surface area contributed by atoms with E-state index in [2.05, 4.69) is 133 Å². The van der Waals surface area contributed by atoms with Gasteiger partial charge in [-0.1, -0.05) is 165 Å². The lowest BCUT2D eigenvalue weighted by Gasteiger charge is -2.37. The van der Waals surface area contributed by atoms with Crippen molar-refractivity contribution >= 4 is 0 Å². The Bertz CT molecular complexity index is 2190. The molecule has 6 aromatic carbocycles. The van der Waals surface area contributed by atoms with Gasteiger partial charge < -0.3 is 0 Å². The van der Waals surface area contributed by atoms with Gasteiger partial charge in [-0.25, -0.2) is 9.97 Å². The normalized spacial score (nSPS) is 14.4. The zero-order valence-corrected chi connectivity index (χ0v) is 26.9. The second-order valence-corrected chi connectivity index (χ2v) is 13.3. The molecule has 7 aromatic rings. The Morgan fingerprint density at radius 1 is 0.375 bits per heavy atom. The van der Waals surface area contributed by atoms with Crippen LogP contribution in [0.25, 0.3) is 67.3 Å². The highest BCUT2D eigenvalue weighted by molar-refractivity contribution is 5.89. The van der Waals surface area contributed by atoms with E-state index in [4.69, 9.17) is 9.97 Å². The molecule has 2 aliphatic carbocycles. The molecule has 0 radical (unpaired) electrons. The van der Waals surface area contributed by atoms with Crippen molar-refractivity contribution in [3.05, 3.63) is 169 Å². The fourth-order valence-corrected chi connectivity index (χ4v) is 8.25. The van der Waals surface area contributed by atoms with Gasteiger partial charge in [0, 0.05) is 22.1 Å². The second-order valence-electron chi connectivity index (χ2n) is 13.3. The lowest BCUT2D eigenvalue weighted by Crippen LogP contribution is -2.28. The molecular formula is C46H36N2. The first-order valence-corrected chi connectivity index (χ1v) is 17.2. The van der Waals surface area contributed by atoms with E-state index in [1.807, 2.05) is 24.3 Å². The van der Waals surface area contributed by atoms with Gasteiger partial charge in [-0.15, -0.1) is 0 Å². The number of benzene rings is 6. The van der Waals surface area contributed by atoms with Gasteiger partial charge in [0.15, 0.2) is 5.82 Å². The zero-order chi connectivity index (χ0) is 31.9. The summed E-state index contributed by atoms with van der Waals surface area (Å²) in [7, 11) is 0. The predicted octanol–water partition coefficient (Wildman–Crippen LogP) is 12.0. The highest BCUT2D eigenvalue weighted by atomic mass is 14.9. The van der Waals surface area contributed by atoms with Crippen LogP contribution in [0.4, 0.5) is 0 Å². The van der Waals surface area contributed by atoms with E-state index in [1.54, 1.807) is 5.56 Å². The number of nitrogens with zero attached hydrogens (tertiary/aromatic N) is 2.